The molecule has 0 N–H and O–H groups in total. The minimum atomic E-state index is -0.666. The van der Waals surface area contributed by atoms with Crippen LogP contribution in [0.4, 0.5) is 5.69 Å². The zero-order valence-electron chi connectivity index (χ0n) is 17.0. The Morgan fingerprint density at radius 1 is 1.37 bits per heavy atom. The standard InChI is InChI=1S/C21H28N2O4/c1-14-12-21(2,3)23(4)18-11-19(26-6)15(10-17(14)18)9-16(13-22)20(24)27-8-7-25-5/h9-11,14H,7-8,12H2,1-6H3/b16-9-. The Kier molecular flexibility index (Phi) is 6.50. The lowest BCUT2D eigenvalue weighted by Gasteiger charge is -2.45. The van der Waals surface area contributed by atoms with Crippen LogP contribution in [0.3, 0.4) is 0 Å². The third-order valence-electron chi connectivity index (χ3n) is 5.15. The fourth-order valence-electron chi connectivity index (χ4n) is 3.49. The molecule has 1 aromatic carbocycles. The highest BCUT2D eigenvalue weighted by Crippen LogP contribution is 2.45. The van der Waals surface area contributed by atoms with E-state index in [0.717, 1.165) is 12.1 Å². The molecule has 0 amide bonds. The van der Waals surface area contributed by atoms with E-state index in [1.54, 1.807) is 7.11 Å². The Labute approximate surface area is 161 Å². The zero-order chi connectivity index (χ0) is 20.2. The third kappa shape index (κ3) is 4.42. The highest BCUT2D eigenvalue weighted by Gasteiger charge is 2.34. The minimum Gasteiger partial charge on any atom is -0.496 e. The highest BCUT2D eigenvalue weighted by molar-refractivity contribution is 5.98. The van der Waals surface area contributed by atoms with E-state index in [2.05, 4.69) is 32.7 Å². The Bertz CT molecular complexity index is 777. The number of hydrogen-bond donors (Lipinski definition) is 0. The normalized spacial score (nSPS) is 18.5. The molecule has 0 radical (unpaired) electrons. The molecule has 1 aromatic rings. The van der Waals surface area contributed by atoms with Crippen molar-refractivity contribution < 1.29 is 19.0 Å². The second-order valence-corrected chi connectivity index (χ2v) is 7.43. The maximum atomic E-state index is 12.1. The van der Waals surface area contributed by atoms with Crippen LogP contribution in [0.15, 0.2) is 17.7 Å². The van der Waals surface area contributed by atoms with Crippen molar-refractivity contribution in [1.29, 1.82) is 5.26 Å². The Balaban J connectivity index is 2.44. The van der Waals surface area contributed by atoms with Gasteiger partial charge in [-0.15, -0.1) is 0 Å². The van der Waals surface area contributed by atoms with Crippen LogP contribution in [0.1, 0.15) is 44.2 Å². The molecule has 0 fully saturated rings. The van der Waals surface area contributed by atoms with E-state index in [1.807, 2.05) is 18.2 Å². The number of anilines is 1. The molecule has 1 heterocycles. The molecule has 6 nitrogen and oxygen atoms in total. The van der Waals surface area contributed by atoms with Crippen molar-refractivity contribution in [2.45, 2.75) is 38.6 Å². The summed E-state index contributed by atoms with van der Waals surface area (Å²) >= 11 is 0. The molecule has 2 rings (SSSR count). The van der Waals surface area contributed by atoms with Crippen molar-refractivity contribution in [2.24, 2.45) is 0 Å². The molecule has 1 atom stereocenters. The van der Waals surface area contributed by atoms with Crippen LogP contribution in [0.5, 0.6) is 5.75 Å². The van der Waals surface area contributed by atoms with E-state index in [4.69, 9.17) is 14.2 Å². The summed E-state index contributed by atoms with van der Waals surface area (Å²) in [5.74, 6) is 0.298. The number of ether oxygens (including phenoxy) is 3. The van der Waals surface area contributed by atoms with E-state index in [-0.39, 0.29) is 24.3 Å². The van der Waals surface area contributed by atoms with Gasteiger partial charge in [-0.1, -0.05) is 6.92 Å². The Hall–Kier alpha value is -2.52. The molecule has 27 heavy (non-hydrogen) atoms. The van der Waals surface area contributed by atoms with Gasteiger partial charge in [-0.25, -0.2) is 4.79 Å². The van der Waals surface area contributed by atoms with Crippen molar-refractivity contribution in [3.8, 4) is 11.8 Å². The summed E-state index contributed by atoms with van der Waals surface area (Å²) in [7, 11) is 5.18. The first-order valence-electron chi connectivity index (χ1n) is 8.98. The predicted octanol–water partition coefficient (Wildman–Crippen LogP) is 3.51. The molecule has 0 saturated heterocycles. The van der Waals surface area contributed by atoms with Crippen molar-refractivity contribution in [3.05, 3.63) is 28.8 Å². The number of rotatable bonds is 6. The van der Waals surface area contributed by atoms with Gasteiger partial charge in [0, 0.05) is 37.0 Å². The average Bonchev–Trinajstić information content (AvgIpc) is 2.63. The van der Waals surface area contributed by atoms with Gasteiger partial charge in [-0.2, -0.15) is 5.26 Å². The number of methoxy groups -OCH3 is 2. The van der Waals surface area contributed by atoms with Gasteiger partial charge in [0.05, 0.1) is 13.7 Å². The largest absolute Gasteiger partial charge is 0.496 e. The molecule has 1 aliphatic heterocycles. The van der Waals surface area contributed by atoms with Crippen molar-refractivity contribution in [1.82, 2.24) is 0 Å². The van der Waals surface area contributed by atoms with E-state index in [0.29, 0.717) is 17.2 Å². The molecule has 0 saturated carbocycles. The van der Waals surface area contributed by atoms with Crippen molar-refractivity contribution >= 4 is 17.7 Å². The van der Waals surface area contributed by atoms with Gasteiger partial charge in [0.1, 0.15) is 24.0 Å². The number of carbonyl (C=O) groups excluding carboxylic acids is 1. The number of nitriles is 1. The van der Waals surface area contributed by atoms with Gasteiger partial charge in [0.15, 0.2) is 0 Å². The van der Waals surface area contributed by atoms with Crippen LogP contribution in [-0.4, -0.2) is 46.0 Å². The minimum absolute atomic E-state index is 0.0394. The van der Waals surface area contributed by atoms with E-state index < -0.39 is 5.97 Å². The first-order chi connectivity index (χ1) is 12.7. The molecular formula is C21H28N2O4. The van der Waals surface area contributed by atoms with E-state index in [9.17, 15) is 10.1 Å². The van der Waals surface area contributed by atoms with E-state index >= 15 is 0 Å². The molecule has 0 aromatic heterocycles. The highest BCUT2D eigenvalue weighted by atomic mass is 16.6. The van der Waals surface area contributed by atoms with Crippen LogP contribution < -0.4 is 9.64 Å². The number of nitrogens with zero attached hydrogens (tertiary/aromatic N) is 2. The molecule has 0 aliphatic carbocycles. The van der Waals surface area contributed by atoms with Crippen LogP contribution >= 0.6 is 0 Å². The smallest absolute Gasteiger partial charge is 0.348 e. The monoisotopic (exact) mass is 372 g/mol. The fraction of sp³-hybridized carbons (Fsp3) is 0.524. The molecule has 1 unspecified atom stereocenters. The summed E-state index contributed by atoms with van der Waals surface area (Å²) < 4.78 is 15.4. The third-order valence-corrected chi connectivity index (χ3v) is 5.15. The van der Waals surface area contributed by atoms with E-state index in [1.165, 1.54) is 18.7 Å². The maximum absolute atomic E-state index is 12.1. The number of fused-ring (bicyclic) bond motifs is 1. The number of carbonyl (C=O) groups is 1. The van der Waals surface area contributed by atoms with Gasteiger partial charge >= 0.3 is 5.97 Å². The van der Waals surface area contributed by atoms with Gasteiger partial charge in [-0.05, 0) is 43.9 Å². The first kappa shape index (κ1) is 20.8. The molecular weight excluding hydrogens is 344 g/mol. The number of esters is 1. The second kappa shape index (κ2) is 8.45. The number of benzene rings is 1. The Morgan fingerprint density at radius 3 is 2.67 bits per heavy atom. The van der Waals surface area contributed by atoms with Crippen molar-refractivity contribution in [2.75, 3.05) is 39.4 Å². The molecule has 1 aliphatic rings. The second-order valence-electron chi connectivity index (χ2n) is 7.43. The van der Waals surface area contributed by atoms with Crippen LogP contribution in [0.2, 0.25) is 0 Å². The summed E-state index contributed by atoms with van der Waals surface area (Å²) in [5, 5.41) is 9.38. The quantitative estimate of drug-likeness (QED) is 0.329. The van der Waals surface area contributed by atoms with Crippen LogP contribution in [0.25, 0.3) is 6.08 Å². The lowest BCUT2D eigenvalue weighted by atomic mass is 9.80. The summed E-state index contributed by atoms with van der Waals surface area (Å²) in [5.41, 5.74) is 2.94. The SMILES string of the molecule is COCCOC(=O)/C(C#N)=C\c1cc2c(cc1OC)N(C)C(C)(C)CC2C. The molecule has 0 spiro atoms. The zero-order valence-corrected chi connectivity index (χ0v) is 17.0. The van der Waals surface area contributed by atoms with Crippen LogP contribution in [-0.2, 0) is 14.3 Å². The van der Waals surface area contributed by atoms with Gasteiger partial charge in [0.2, 0.25) is 0 Å². The van der Waals surface area contributed by atoms with Crippen molar-refractivity contribution in [3.63, 3.8) is 0 Å². The topological polar surface area (TPSA) is 71.8 Å². The first-order valence-corrected chi connectivity index (χ1v) is 8.98. The summed E-state index contributed by atoms with van der Waals surface area (Å²) in [6, 6.07) is 5.90. The Morgan fingerprint density at radius 2 is 2.07 bits per heavy atom. The van der Waals surface area contributed by atoms with Crippen LogP contribution in [0, 0.1) is 11.3 Å². The molecule has 0 bridgehead atoms. The lowest BCUT2D eigenvalue weighted by molar-refractivity contribution is -0.139. The fourth-order valence-corrected chi connectivity index (χ4v) is 3.49. The molecule has 6 heteroatoms. The maximum Gasteiger partial charge on any atom is 0.348 e. The summed E-state index contributed by atoms with van der Waals surface area (Å²) in [6.07, 6.45) is 2.54. The van der Waals surface area contributed by atoms with Gasteiger partial charge < -0.3 is 19.1 Å². The number of hydrogen-bond acceptors (Lipinski definition) is 6. The predicted molar refractivity (Wildman–Crippen MR) is 105 cm³/mol. The lowest BCUT2D eigenvalue weighted by Crippen LogP contribution is -2.45. The van der Waals surface area contributed by atoms with Gasteiger partial charge in [-0.3, -0.25) is 0 Å². The summed E-state index contributed by atoms with van der Waals surface area (Å²) in [4.78, 5) is 14.4. The summed E-state index contributed by atoms with van der Waals surface area (Å²) in [6.45, 7) is 7.02. The molecule has 146 valence electrons. The average molecular weight is 372 g/mol. The van der Waals surface area contributed by atoms with Gasteiger partial charge in [0.25, 0.3) is 0 Å².